The van der Waals surface area contributed by atoms with Crippen LogP contribution in [0.15, 0.2) is 29.6 Å². The average Bonchev–Trinajstić information content (AvgIpc) is 2.99. The molecule has 0 aliphatic heterocycles. The summed E-state index contributed by atoms with van der Waals surface area (Å²) >= 11 is 1.89. The molecule has 2 aromatic rings. The van der Waals surface area contributed by atoms with Crippen LogP contribution >= 0.6 is 11.3 Å². The smallest absolute Gasteiger partial charge is 0.0390 e. The van der Waals surface area contributed by atoms with Gasteiger partial charge in [-0.1, -0.05) is 50.8 Å². The molecular weight excluding hydrogens is 274 g/mol. The zero-order valence-corrected chi connectivity index (χ0v) is 14.1. The average molecular weight is 301 g/mol. The van der Waals surface area contributed by atoms with E-state index < -0.39 is 0 Å². The topological polar surface area (TPSA) is 12.0 Å². The highest BCUT2D eigenvalue weighted by Crippen LogP contribution is 2.40. The van der Waals surface area contributed by atoms with E-state index in [9.17, 15) is 0 Å². The Labute approximate surface area is 132 Å². The third-order valence-electron chi connectivity index (χ3n) is 5.22. The molecule has 1 aliphatic rings. The van der Waals surface area contributed by atoms with Crippen LogP contribution in [0.5, 0.6) is 0 Å². The molecule has 3 rings (SSSR count). The van der Waals surface area contributed by atoms with Crippen molar-refractivity contribution in [2.24, 2.45) is 11.8 Å². The number of rotatable bonds is 5. The molecule has 1 aromatic heterocycles. The van der Waals surface area contributed by atoms with Crippen molar-refractivity contribution < 1.29 is 0 Å². The lowest BCUT2D eigenvalue weighted by molar-refractivity contribution is 0.220. The Kier molecular flexibility index (Phi) is 4.97. The van der Waals surface area contributed by atoms with E-state index in [2.05, 4.69) is 48.9 Å². The van der Waals surface area contributed by atoms with E-state index in [1.165, 1.54) is 54.2 Å². The highest BCUT2D eigenvalue weighted by atomic mass is 32.1. The van der Waals surface area contributed by atoms with Crippen molar-refractivity contribution in [3.63, 3.8) is 0 Å². The van der Waals surface area contributed by atoms with E-state index in [0.717, 1.165) is 11.8 Å². The molecule has 1 atom stereocenters. The largest absolute Gasteiger partial charge is 0.313 e. The summed E-state index contributed by atoms with van der Waals surface area (Å²) in [6.45, 7) is 2.32. The molecule has 114 valence electrons. The van der Waals surface area contributed by atoms with Gasteiger partial charge in [0.15, 0.2) is 0 Å². The molecule has 21 heavy (non-hydrogen) atoms. The van der Waals surface area contributed by atoms with Gasteiger partial charge >= 0.3 is 0 Å². The van der Waals surface area contributed by atoms with Crippen molar-refractivity contribution in [1.82, 2.24) is 5.32 Å². The highest BCUT2D eigenvalue weighted by Gasteiger charge is 2.28. The van der Waals surface area contributed by atoms with Gasteiger partial charge in [0.1, 0.15) is 0 Å². The lowest BCUT2D eigenvalue weighted by Gasteiger charge is -2.34. The molecule has 1 aliphatic carbocycles. The normalized spacial score (nSPS) is 24.3. The summed E-state index contributed by atoms with van der Waals surface area (Å²) in [4.78, 5) is 0. The zero-order chi connectivity index (χ0) is 14.7. The van der Waals surface area contributed by atoms with E-state index in [1.807, 2.05) is 11.3 Å². The second-order valence-electron chi connectivity index (χ2n) is 6.52. The Bertz CT molecular complexity index is 566. The maximum Gasteiger partial charge on any atom is 0.0390 e. The number of fused-ring (bicyclic) bond motifs is 1. The molecule has 1 heterocycles. The zero-order valence-electron chi connectivity index (χ0n) is 13.3. The summed E-state index contributed by atoms with van der Waals surface area (Å²) in [6, 6.07) is 9.55. The van der Waals surface area contributed by atoms with Crippen LogP contribution in [0.3, 0.4) is 0 Å². The molecular formula is C19H27NS. The molecule has 1 nitrogen and oxygen atoms in total. The summed E-state index contributed by atoms with van der Waals surface area (Å²) < 4.78 is 1.48. The molecule has 0 radical (unpaired) electrons. The Balaban J connectivity index is 1.78. The first-order valence-corrected chi connectivity index (χ1v) is 9.34. The van der Waals surface area contributed by atoms with Gasteiger partial charge in [0.25, 0.3) is 0 Å². The Morgan fingerprint density at radius 1 is 1.19 bits per heavy atom. The molecule has 0 saturated heterocycles. The Morgan fingerprint density at radius 3 is 2.71 bits per heavy atom. The molecule has 1 N–H and O–H groups in total. The minimum absolute atomic E-state index is 0.523. The first-order chi connectivity index (χ1) is 10.3. The van der Waals surface area contributed by atoms with E-state index in [-0.39, 0.29) is 0 Å². The van der Waals surface area contributed by atoms with Gasteiger partial charge in [-0.15, -0.1) is 11.3 Å². The monoisotopic (exact) mass is 301 g/mol. The fraction of sp³-hybridized carbons (Fsp3) is 0.579. The summed E-state index contributed by atoms with van der Waals surface area (Å²) in [6.07, 6.45) is 8.40. The van der Waals surface area contributed by atoms with Gasteiger partial charge in [0.05, 0.1) is 0 Å². The number of hydrogen-bond acceptors (Lipinski definition) is 2. The van der Waals surface area contributed by atoms with E-state index in [0.29, 0.717) is 6.04 Å². The van der Waals surface area contributed by atoms with Gasteiger partial charge in [-0.2, -0.15) is 0 Å². The number of benzene rings is 1. The second kappa shape index (κ2) is 6.93. The van der Waals surface area contributed by atoms with Crippen LogP contribution in [0.25, 0.3) is 10.1 Å². The van der Waals surface area contributed by atoms with Gasteiger partial charge in [-0.3, -0.25) is 0 Å². The molecule has 0 spiro atoms. The van der Waals surface area contributed by atoms with Crippen molar-refractivity contribution in [2.75, 3.05) is 7.05 Å². The van der Waals surface area contributed by atoms with E-state index in [4.69, 9.17) is 0 Å². The summed E-state index contributed by atoms with van der Waals surface area (Å²) in [5, 5.41) is 7.25. The van der Waals surface area contributed by atoms with Gasteiger partial charge in [-0.05, 0) is 54.1 Å². The van der Waals surface area contributed by atoms with Gasteiger partial charge in [0, 0.05) is 10.7 Å². The SMILES string of the molecule is CCCC1CCC(C(NC)c2cccc3ccsc23)CC1. The molecule has 1 unspecified atom stereocenters. The van der Waals surface area contributed by atoms with Gasteiger partial charge < -0.3 is 5.32 Å². The number of thiophene rings is 1. The van der Waals surface area contributed by atoms with Crippen molar-refractivity contribution in [3.8, 4) is 0 Å². The van der Waals surface area contributed by atoms with Crippen LogP contribution < -0.4 is 5.32 Å². The fourth-order valence-corrected chi connectivity index (χ4v) is 5.08. The van der Waals surface area contributed by atoms with Crippen molar-refractivity contribution in [1.29, 1.82) is 0 Å². The molecule has 0 bridgehead atoms. The maximum absolute atomic E-state index is 3.62. The van der Waals surface area contributed by atoms with Gasteiger partial charge in [0.2, 0.25) is 0 Å². The maximum atomic E-state index is 3.62. The standard InChI is InChI=1S/C19H27NS/c1-3-5-14-8-10-15(11-9-14)18(20-2)17-7-4-6-16-12-13-21-19(16)17/h4,6-7,12-15,18,20H,3,5,8-11H2,1-2H3. The molecule has 2 heteroatoms. The first-order valence-electron chi connectivity index (χ1n) is 8.46. The molecule has 0 amide bonds. The van der Waals surface area contributed by atoms with Crippen molar-refractivity contribution >= 4 is 21.4 Å². The third kappa shape index (κ3) is 3.17. The summed E-state index contributed by atoms with van der Waals surface area (Å²) in [5.74, 6) is 1.79. The third-order valence-corrected chi connectivity index (χ3v) is 6.19. The second-order valence-corrected chi connectivity index (χ2v) is 7.44. The van der Waals surface area contributed by atoms with Crippen LogP contribution in [-0.4, -0.2) is 7.05 Å². The van der Waals surface area contributed by atoms with Crippen LogP contribution in [0.2, 0.25) is 0 Å². The minimum Gasteiger partial charge on any atom is -0.313 e. The predicted octanol–water partition coefficient (Wildman–Crippen LogP) is 5.77. The van der Waals surface area contributed by atoms with E-state index in [1.54, 1.807) is 0 Å². The van der Waals surface area contributed by atoms with Crippen LogP contribution in [0.1, 0.15) is 57.1 Å². The quantitative estimate of drug-likeness (QED) is 0.739. The fourth-order valence-electron chi connectivity index (χ4n) is 4.12. The van der Waals surface area contributed by atoms with E-state index >= 15 is 0 Å². The summed E-state index contributed by atoms with van der Waals surface area (Å²) in [7, 11) is 2.13. The minimum atomic E-state index is 0.523. The molecule has 1 saturated carbocycles. The number of nitrogens with one attached hydrogen (secondary N) is 1. The van der Waals surface area contributed by atoms with Crippen molar-refractivity contribution in [3.05, 3.63) is 35.2 Å². The van der Waals surface area contributed by atoms with Crippen LogP contribution in [0.4, 0.5) is 0 Å². The predicted molar refractivity (Wildman–Crippen MR) is 94.0 cm³/mol. The Hall–Kier alpha value is -0.860. The molecule has 1 fully saturated rings. The van der Waals surface area contributed by atoms with Crippen LogP contribution in [0, 0.1) is 11.8 Å². The van der Waals surface area contributed by atoms with Crippen LogP contribution in [-0.2, 0) is 0 Å². The highest BCUT2D eigenvalue weighted by molar-refractivity contribution is 7.17. The lowest BCUT2D eigenvalue weighted by Crippen LogP contribution is -2.28. The number of hydrogen-bond donors (Lipinski definition) is 1. The lowest BCUT2D eigenvalue weighted by atomic mass is 9.75. The Morgan fingerprint density at radius 2 is 2.00 bits per heavy atom. The van der Waals surface area contributed by atoms with Crippen molar-refractivity contribution in [2.45, 2.75) is 51.5 Å². The van der Waals surface area contributed by atoms with Gasteiger partial charge in [-0.25, -0.2) is 0 Å². The summed E-state index contributed by atoms with van der Waals surface area (Å²) in [5.41, 5.74) is 1.52. The molecule has 1 aromatic carbocycles. The first kappa shape index (κ1) is 15.1.